The summed E-state index contributed by atoms with van der Waals surface area (Å²) in [7, 11) is 0. The van der Waals surface area contributed by atoms with Crippen LogP contribution in [0.2, 0.25) is 5.02 Å². The van der Waals surface area contributed by atoms with Gasteiger partial charge in [-0.05, 0) is 45.7 Å². The lowest BCUT2D eigenvalue weighted by Gasteiger charge is -2.33. The topological polar surface area (TPSA) is 42.4 Å². The molecule has 0 aromatic carbocycles. The van der Waals surface area contributed by atoms with E-state index in [1.165, 1.54) is 0 Å². The van der Waals surface area contributed by atoms with Crippen LogP contribution in [0.25, 0.3) is 0 Å². The molecule has 5 heteroatoms. The number of hydrogen-bond donors (Lipinski definition) is 0. The minimum absolute atomic E-state index is 0.222. The van der Waals surface area contributed by atoms with Crippen molar-refractivity contribution in [2.75, 3.05) is 13.1 Å². The predicted molar refractivity (Wildman–Crippen MR) is 79.0 cm³/mol. The first kappa shape index (κ1) is 15.1. The average molecular weight is 297 g/mol. The molecule has 0 unspecified atom stereocenters. The van der Waals surface area contributed by atoms with Crippen LogP contribution in [0.3, 0.4) is 0 Å². The summed E-state index contributed by atoms with van der Waals surface area (Å²) in [5, 5.41) is 0.653. The molecule has 0 spiro atoms. The van der Waals surface area contributed by atoms with Crippen LogP contribution in [0, 0.1) is 0 Å². The quantitative estimate of drug-likeness (QED) is 0.790. The third-order valence-corrected chi connectivity index (χ3v) is 3.54. The molecule has 2 heterocycles. The molecule has 0 aliphatic carbocycles. The summed E-state index contributed by atoms with van der Waals surface area (Å²) in [6.07, 6.45) is 3.28. The molecule has 1 aromatic heterocycles. The lowest BCUT2D eigenvalue weighted by molar-refractivity contribution is 0.0204. The van der Waals surface area contributed by atoms with E-state index in [0.29, 0.717) is 24.0 Å². The van der Waals surface area contributed by atoms with Crippen LogP contribution in [0.4, 0.5) is 4.79 Å². The van der Waals surface area contributed by atoms with E-state index in [-0.39, 0.29) is 6.09 Å². The number of carbonyl (C=O) groups excluding carboxylic acids is 1. The maximum Gasteiger partial charge on any atom is 0.410 e. The van der Waals surface area contributed by atoms with E-state index in [1.54, 1.807) is 11.1 Å². The summed E-state index contributed by atoms with van der Waals surface area (Å²) in [6.45, 7) is 7.08. The number of pyridine rings is 1. The number of aromatic nitrogens is 1. The summed E-state index contributed by atoms with van der Waals surface area (Å²) < 4.78 is 5.39. The van der Waals surface area contributed by atoms with Crippen molar-refractivity contribution >= 4 is 17.7 Å². The van der Waals surface area contributed by atoms with Gasteiger partial charge in [0, 0.05) is 30.9 Å². The fraction of sp³-hybridized carbons (Fsp3) is 0.600. The molecular formula is C15H21ClN2O2. The van der Waals surface area contributed by atoms with E-state index in [1.807, 2.05) is 32.9 Å². The van der Waals surface area contributed by atoms with Crippen molar-refractivity contribution in [2.45, 2.75) is 45.1 Å². The van der Waals surface area contributed by atoms with E-state index in [4.69, 9.17) is 16.3 Å². The van der Waals surface area contributed by atoms with Crippen molar-refractivity contribution in [3.05, 3.63) is 29.0 Å². The highest BCUT2D eigenvalue weighted by molar-refractivity contribution is 6.30. The predicted octanol–water partition coefficient (Wildman–Crippen LogP) is 3.85. The fourth-order valence-corrected chi connectivity index (χ4v) is 2.42. The Labute approximate surface area is 125 Å². The summed E-state index contributed by atoms with van der Waals surface area (Å²) >= 11 is 5.84. The number of halogens is 1. The Morgan fingerprint density at radius 3 is 2.50 bits per heavy atom. The Hall–Kier alpha value is -1.29. The van der Waals surface area contributed by atoms with Crippen LogP contribution in [0.15, 0.2) is 18.3 Å². The Morgan fingerprint density at radius 1 is 1.35 bits per heavy atom. The van der Waals surface area contributed by atoms with Crippen molar-refractivity contribution in [3.63, 3.8) is 0 Å². The van der Waals surface area contributed by atoms with Gasteiger partial charge in [-0.25, -0.2) is 4.79 Å². The molecule has 0 N–H and O–H groups in total. The van der Waals surface area contributed by atoms with Crippen LogP contribution >= 0.6 is 11.6 Å². The molecule has 0 saturated carbocycles. The highest BCUT2D eigenvalue weighted by Gasteiger charge is 2.27. The normalized spacial score (nSPS) is 17.1. The van der Waals surface area contributed by atoms with Crippen LogP contribution in [-0.2, 0) is 4.74 Å². The smallest absolute Gasteiger partial charge is 0.410 e. The number of hydrogen-bond acceptors (Lipinski definition) is 3. The maximum atomic E-state index is 12.0. The minimum Gasteiger partial charge on any atom is -0.444 e. The van der Waals surface area contributed by atoms with Gasteiger partial charge in [0.25, 0.3) is 0 Å². The van der Waals surface area contributed by atoms with Gasteiger partial charge in [0.2, 0.25) is 0 Å². The van der Waals surface area contributed by atoms with Gasteiger partial charge in [0.15, 0.2) is 0 Å². The number of carbonyl (C=O) groups is 1. The molecule has 0 radical (unpaired) electrons. The first-order valence-electron chi connectivity index (χ1n) is 6.94. The van der Waals surface area contributed by atoms with Gasteiger partial charge < -0.3 is 9.64 Å². The number of ether oxygens (including phenoxy) is 1. The summed E-state index contributed by atoms with van der Waals surface area (Å²) in [6, 6.07) is 3.83. The van der Waals surface area contributed by atoms with E-state index in [0.717, 1.165) is 18.5 Å². The van der Waals surface area contributed by atoms with Gasteiger partial charge in [-0.15, -0.1) is 0 Å². The molecule has 1 aliphatic rings. The molecule has 20 heavy (non-hydrogen) atoms. The molecule has 1 amide bonds. The molecule has 2 rings (SSSR count). The van der Waals surface area contributed by atoms with Crippen LogP contribution in [0.1, 0.15) is 45.2 Å². The van der Waals surface area contributed by atoms with Crippen LogP contribution < -0.4 is 0 Å². The molecule has 1 saturated heterocycles. The Morgan fingerprint density at radius 2 is 2.00 bits per heavy atom. The number of rotatable bonds is 1. The second-order valence-electron chi connectivity index (χ2n) is 6.14. The van der Waals surface area contributed by atoms with Gasteiger partial charge in [0.1, 0.15) is 5.60 Å². The molecule has 4 nitrogen and oxygen atoms in total. The number of piperidine rings is 1. The van der Waals surface area contributed by atoms with E-state index in [2.05, 4.69) is 4.98 Å². The zero-order valence-electron chi connectivity index (χ0n) is 12.2. The van der Waals surface area contributed by atoms with Crippen LogP contribution in [0.5, 0.6) is 0 Å². The van der Waals surface area contributed by atoms with Gasteiger partial charge in [-0.2, -0.15) is 0 Å². The number of amides is 1. The first-order valence-corrected chi connectivity index (χ1v) is 7.32. The maximum absolute atomic E-state index is 12.0. The van der Waals surface area contributed by atoms with E-state index < -0.39 is 5.60 Å². The fourth-order valence-electron chi connectivity index (χ4n) is 2.31. The highest BCUT2D eigenvalue weighted by atomic mass is 35.5. The van der Waals surface area contributed by atoms with Gasteiger partial charge in [-0.1, -0.05) is 11.6 Å². The van der Waals surface area contributed by atoms with Crippen molar-refractivity contribution in [2.24, 2.45) is 0 Å². The van der Waals surface area contributed by atoms with Gasteiger partial charge >= 0.3 is 6.09 Å². The van der Waals surface area contributed by atoms with Crippen molar-refractivity contribution in [3.8, 4) is 0 Å². The molecule has 1 fully saturated rings. The third-order valence-electron chi connectivity index (χ3n) is 3.32. The van der Waals surface area contributed by atoms with E-state index >= 15 is 0 Å². The van der Waals surface area contributed by atoms with Crippen molar-refractivity contribution in [1.82, 2.24) is 9.88 Å². The lowest BCUT2D eigenvalue weighted by Crippen LogP contribution is -2.41. The molecule has 1 aromatic rings. The lowest BCUT2D eigenvalue weighted by atomic mass is 9.93. The second kappa shape index (κ2) is 6.00. The van der Waals surface area contributed by atoms with E-state index in [9.17, 15) is 4.79 Å². The van der Waals surface area contributed by atoms with Crippen molar-refractivity contribution < 1.29 is 9.53 Å². The minimum atomic E-state index is -0.439. The molecular weight excluding hydrogens is 276 g/mol. The zero-order chi connectivity index (χ0) is 14.8. The van der Waals surface area contributed by atoms with Gasteiger partial charge in [0.05, 0.1) is 5.02 Å². The SMILES string of the molecule is CC(C)(C)OC(=O)N1CCC(c2ccc(Cl)cn2)CC1. The summed E-state index contributed by atoms with van der Waals surface area (Å²) in [4.78, 5) is 18.1. The Balaban J connectivity index is 1.89. The molecule has 110 valence electrons. The van der Waals surface area contributed by atoms with Crippen molar-refractivity contribution in [1.29, 1.82) is 0 Å². The molecule has 0 bridgehead atoms. The first-order chi connectivity index (χ1) is 9.35. The number of nitrogens with zero attached hydrogens (tertiary/aromatic N) is 2. The zero-order valence-corrected chi connectivity index (χ0v) is 13.0. The van der Waals surface area contributed by atoms with Gasteiger partial charge in [-0.3, -0.25) is 4.98 Å². The standard InChI is InChI=1S/C15H21ClN2O2/c1-15(2,3)20-14(19)18-8-6-11(7-9-18)13-5-4-12(16)10-17-13/h4-5,10-11H,6-9H2,1-3H3. The second-order valence-corrected chi connectivity index (χ2v) is 6.58. The average Bonchev–Trinajstić information content (AvgIpc) is 2.38. The summed E-state index contributed by atoms with van der Waals surface area (Å²) in [5.41, 5.74) is 0.615. The highest BCUT2D eigenvalue weighted by Crippen LogP contribution is 2.27. The molecule has 1 aliphatic heterocycles. The largest absolute Gasteiger partial charge is 0.444 e. The molecule has 0 atom stereocenters. The monoisotopic (exact) mass is 296 g/mol. The Bertz CT molecular complexity index is 460. The third kappa shape index (κ3) is 4.10. The summed E-state index contributed by atoms with van der Waals surface area (Å²) in [5.74, 6) is 0.394. The number of likely N-dealkylation sites (tertiary alicyclic amines) is 1. The Kier molecular flexibility index (Phi) is 4.53. The van der Waals surface area contributed by atoms with Crippen LogP contribution in [-0.4, -0.2) is 34.7 Å².